The molecule has 1 saturated heterocycles. The monoisotopic (exact) mass is 589 g/mol. The summed E-state index contributed by atoms with van der Waals surface area (Å²) in [6, 6.07) is 4.76. The maximum Gasteiger partial charge on any atom is 0.332 e. The van der Waals surface area contributed by atoms with Gasteiger partial charge in [-0.05, 0) is 19.1 Å². The number of aliphatic carboxylic acids is 1. The fourth-order valence-corrected chi connectivity index (χ4v) is 5.37. The molecule has 14 heteroatoms. The Morgan fingerprint density at radius 3 is 2.40 bits per heavy atom. The summed E-state index contributed by atoms with van der Waals surface area (Å²) in [4.78, 5) is 15.6. The minimum Gasteiger partial charge on any atom is -0.507 e. The Morgan fingerprint density at radius 1 is 1.12 bits per heavy atom. The molecule has 0 spiro atoms. The Morgan fingerprint density at radius 2 is 1.80 bits per heavy atom. The van der Waals surface area contributed by atoms with E-state index in [0.717, 1.165) is 0 Å². The van der Waals surface area contributed by atoms with Crippen LogP contribution in [0.25, 0.3) is 0 Å². The van der Waals surface area contributed by atoms with E-state index in [9.17, 15) is 30.3 Å². The standard InChI is InChI=1S/C26H39NO12S/c1-15-19(13-28)39-24(21(31)22(34-3)20(15)30)38-11-9-36-7-6-35-8-10-37-16-4-5-17(18(29)12-16)23-27-26(2,14-40-23)25(32)33/h4-5,12,15,19-22,24,28-31H,6-11,13-14H2,1-3H3,(H,32,33). The van der Waals surface area contributed by atoms with Crippen LogP contribution in [0.1, 0.15) is 19.4 Å². The van der Waals surface area contributed by atoms with Crippen LogP contribution in [-0.4, -0.2) is 132 Å². The highest BCUT2D eigenvalue weighted by atomic mass is 32.2. The quantitative estimate of drug-likeness (QED) is 0.175. The topological polar surface area (TPSA) is 186 Å². The zero-order chi connectivity index (χ0) is 29.3. The van der Waals surface area contributed by atoms with Gasteiger partial charge in [0.15, 0.2) is 11.8 Å². The van der Waals surface area contributed by atoms with Gasteiger partial charge in [-0.25, -0.2) is 4.79 Å². The van der Waals surface area contributed by atoms with Gasteiger partial charge in [-0.1, -0.05) is 6.92 Å². The Labute approximate surface area is 237 Å². The molecule has 0 aromatic heterocycles. The van der Waals surface area contributed by atoms with Crippen LogP contribution in [0.3, 0.4) is 0 Å². The molecule has 7 atom stereocenters. The zero-order valence-corrected chi connectivity index (χ0v) is 23.6. The molecule has 1 aromatic rings. The molecular formula is C26H39NO12S. The summed E-state index contributed by atoms with van der Waals surface area (Å²) in [7, 11) is 1.37. The van der Waals surface area contributed by atoms with Crippen LogP contribution in [-0.2, 0) is 28.5 Å². The highest BCUT2D eigenvalue weighted by Crippen LogP contribution is 2.35. The van der Waals surface area contributed by atoms with E-state index in [1.165, 1.54) is 24.9 Å². The number of rotatable bonds is 15. The minimum absolute atomic E-state index is 0.0491. The molecule has 2 heterocycles. The Kier molecular flexibility index (Phi) is 12.4. The normalized spacial score (nSPS) is 30.6. The number of phenolic OH excluding ortho intramolecular Hbond substituents is 1. The van der Waals surface area contributed by atoms with E-state index < -0.39 is 48.1 Å². The Bertz CT molecular complexity index is 996. The van der Waals surface area contributed by atoms with E-state index in [4.69, 9.17) is 28.4 Å². The Hall–Kier alpha value is -2.01. The van der Waals surface area contributed by atoms with Gasteiger partial charge in [-0.2, -0.15) is 0 Å². The highest BCUT2D eigenvalue weighted by molar-refractivity contribution is 8.14. The van der Waals surface area contributed by atoms with Gasteiger partial charge in [-0.15, -0.1) is 11.8 Å². The van der Waals surface area contributed by atoms with Crippen LogP contribution >= 0.6 is 11.8 Å². The Balaban J connectivity index is 1.30. The number of thioether (sulfide) groups is 1. The lowest BCUT2D eigenvalue weighted by Gasteiger charge is -2.28. The summed E-state index contributed by atoms with van der Waals surface area (Å²) in [5, 5.41) is 50.6. The molecular weight excluding hydrogens is 550 g/mol. The first-order chi connectivity index (χ1) is 19.1. The van der Waals surface area contributed by atoms with Gasteiger partial charge < -0.3 is 54.0 Å². The predicted molar refractivity (Wildman–Crippen MR) is 144 cm³/mol. The van der Waals surface area contributed by atoms with Crippen molar-refractivity contribution >= 4 is 22.8 Å². The van der Waals surface area contributed by atoms with Gasteiger partial charge in [0.25, 0.3) is 0 Å². The molecule has 3 rings (SSSR count). The summed E-state index contributed by atoms with van der Waals surface area (Å²) in [5.74, 6) is -0.792. The van der Waals surface area contributed by atoms with Crippen molar-refractivity contribution in [2.24, 2.45) is 10.9 Å². The summed E-state index contributed by atoms with van der Waals surface area (Å²) < 4.78 is 33.0. The summed E-state index contributed by atoms with van der Waals surface area (Å²) in [6.07, 6.45) is -5.02. The number of aliphatic hydroxyl groups excluding tert-OH is 3. The smallest absolute Gasteiger partial charge is 0.332 e. The minimum atomic E-state index is -1.25. The van der Waals surface area contributed by atoms with E-state index in [2.05, 4.69) is 4.99 Å². The maximum absolute atomic E-state index is 11.4. The molecule has 226 valence electrons. The van der Waals surface area contributed by atoms with Gasteiger partial charge in [0.05, 0.1) is 51.8 Å². The lowest BCUT2D eigenvalue weighted by atomic mass is 9.93. The van der Waals surface area contributed by atoms with Gasteiger partial charge >= 0.3 is 5.97 Å². The molecule has 2 aliphatic heterocycles. The molecule has 40 heavy (non-hydrogen) atoms. The second-order valence-corrected chi connectivity index (χ2v) is 10.6. The molecule has 2 aliphatic rings. The number of aromatic hydroxyl groups is 1. The number of aliphatic hydroxyl groups is 3. The number of carboxylic acid groups (broad SMARTS) is 1. The fraction of sp³-hybridized carbons (Fsp3) is 0.692. The van der Waals surface area contributed by atoms with Crippen LogP contribution < -0.4 is 4.74 Å². The van der Waals surface area contributed by atoms with Crippen molar-refractivity contribution < 1.29 is 58.7 Å². The fourth-order valence-electron chi connectivity index (χ4n) is 4.17. The lowest BCUT2D eigenvalue weighted by molar-refractivity contribution is -0.235. The first-order valence-electron chi connectivity index (χ1n) is 13.0. The van der Waals surface area contributed by atoms with Crippen LogP contribution in [0.2, 0.25) is 0 Å². The van der Waals surface area contributed by atoms with Crippen LogP contribution in [0.15, 0.2) is 23.2 Å². The number of ether oxygens (including phenoxy) is 6. The largest absolute Gasteiger partial charge is 0.507 e. The van der Waals surface area contributed by atoms with Crippen molar-refractivity contribution in [2.45, 2.75) is 50.1 Å². The molecule has 0 bridgehead atoms. The molecule has 0 radical (unpaired) electrons. The van der Waals surface area contributed by atoms with E-state index in [0.29, 0.717) is 28.7 Å². The molecule has 13 nitrogen and oxygen atoms in total. The van der Waals surface area contributed by atoms with Crippen LogP contribution in [0.4, 0.5) is 0 Å². The van der Waals surface area contributed by atoms with Crippen molar-refractivity contribution in [1.82, 2.24) is 0 Å². The van der Waals surface area contributed by atoms with Crippen molar-refractivity contribution in [1.29, 1.82) is 0 Å². The van der Waals surface area contributed by atoms with E-state index in [1.807, 2.05) is 0 Å². The average Bonchev–Trinajstić information content (AvgIpc) is 3.31. The number of carboxylic acids is 1. The maximum atomic E-state index is 11.4. The summed E-state index contributed by atoms with van der Waals surface area (Å²) in [5.41, 5.74) is -0.749. The van der Waals surface area contributed by atoms with Gasteiger partial charge in [-0.3, -0.25) is 4.99 Å². The number of phenols is 1. The molecule has 0 aliphatic carbocycles. The molecule has 7 unspecified atom stereocenters. The SMILES string of the molecule is COC1C(O)C(OCCOCCOCCOc2ccc(C3=NC(C)(C(=O)O)CS3)c(O)c2)OC(CO)C(C)C1O. The number of hydrogen-bond donors (Lipinski definition) is 5. The van der Waals surface area contributed by atoms with E-state index in [1.54, 1.807) is 26.0 Å². The third kappa shape index (κ3) is 8.27. The summed E-state index contributed by atoms with van der Waals surface area (Å²) >= 11 is 1.28. The van der Waals surface area contributed by atoms with Crippen molar-refractivity contribution in [3.05, 3.63) is 23.8 Å². The number of aliphatic imine (C=N–C) groups is 1. The number of carbonyl (C=O) groups is 1. The van der Waals surface area contributed by atoms with Crippen molar-refractivity contribution in [2.75, 3.05) is 59.1 Å². The van der Waals surface area contributed by atoms with Crippen LogP contribution in [0.5, 0.6) is 11.5 Å². The highest BCUT2D eigenvalue weighted by Gasteiger charge is 2.44. The first-order valence-corrected chi connectivity index (χ1v) is 13.9. The third-order valence-corrected chi connectivity index (χ3v) is 8.01. The van der Waals surface area contributed by atoms with Gasteiger partial charge in [0.1, 0.15) is 35.4 Å². The molecule has 0 saturated carbocycles. The van der Waals surface area contributed by atoms with Crippen molar-refractivity contribution in [3.63, 3.8) is 0 Å². The number of benzene rings is 1. The number of hydrogen-bond acceptors (Lipinski definition) is 13. The van der Waals surface area contributed by atoms with Crippen molar-refractivity contribution in [3.8, 4) is 11.5 Å². The second-order valence-electron chi connectivity index (χ2n) is 9.67. The van der Waals surface area contributed by atoms with Gasteiger partial charge in [0, 0.05) is 30.4 Å². The lowest BCUT2D eigenvalue weighted by Crippen LogP contribution is -2.46. The third-order valence-electron chi connectivity index (χ3n) is 6.72. The van der Waals surface area contributed by atoms with Gasteiger partial charge in [0.2, 0.25) is 0 Å². The number of nitrogens with zero attached hydrogens (tertiary/aromatic N) is 1. The molecule has 1 fully saturated rings. The molecule has 0 amide bonds. The first kappa shape index (κ1) is 32.5. The molecule has 1 aromatic carbocycles. The van der Waals surface area contributed by atoms with E-state index >= 15 is 0 Å². The molecule has 5 N–H and O–H groups in total. The second kappa shape index (κ2) is 15.3. The average molecular weight is 590 g/mol. The van der Waals surface area contributed by atoms with E-state index in [-0.39, 0.29) is 45.4 Å². The zero-order valence-electron chi connectivity index (χ0n) is 22.8. The summed E-state index contributed by atoms with van der Waals surface area (Å²) in [6.45, 7) is 4.32. The van der Waals surface area contributed by atoms with Crippen LogP contribution in [0, 0.1) is 5.92 Å². The predicted octanol–water partition coefficient (Wildman–Crippen LogP) is 0.248. The number of methoxy groups -OCH3 is 1.